The Morgan fingerprint density at radius 1 is 1.26 bits per heavy atom. The number of thiazole rings is 1. The van der Waals surface area contributed by atoms with Crippen LogP contribution in [0.15, 0.2) is 22.6 Å². The smallest absolute Gasteiger partial charge is 0.357 e. The molecule has 0 spiro atoms. The quantitative estimate of drug-likeness (QED) is 0.0984. The number of rotatable bonds is 15. The predicted octanol–water partition coefficient (Wildman–Crippen LogP) is 5.94. The van der Waals surface area contributed by atoms with Gasteiger partial charge in [-0.2, -0.15) is 0 Å². The van der Waals surface area contributed by atoms with Gasteiger partial charge in [-0.15, -0.1) is 11.3 Å². The fraction of sp³-hybridized carbons (Fsp3) is 0.708. The Labute approximate surface area is 207 Å². The molecule has 0 aliphatic carbocycles. The monoisotopic (exact) mass is 493 g/mol. The first-order chi connectivity index (χ1) is 16.2. The molecule has 9 nitrogen and oxygen atoms in total. The Balaban J connectivity index is 3.37. The van der Waals surface area contributed by atoms with Crippen molar-refractivity contribution in [2.75, 3.05) is 20.3 Å². The molecule has 0 saturated carbocycles. The van der Waals surface area contributed by atoms with E-state index in [4.69, 9.17) is 15.0 Å². The lowest BCUT2D eigenvalue weighted by molar-refractivity contribution is -0.137. The Hall–Kier alpha value is -2.42. The second-order valence-electron chi connectivity index (χ2n) is 8.46. The molecular weight excluding hydrogens is 454 g/mol. The van der Waals surface area contributed by atoms with Crippen LogP contribution >= 0.6 is 11.3 Å². The lowest BCUT2D eigenvalue weighted by Gasteiger charge is -2.38. The molecule has 0 fully saturated rings. The number of hydrogen-bond acceptors (Lipinski definition) is 7. The van der Waals surface area contributed by atoms with Gasteiger partial charge in [-0.05, 0) is 30.7 Å². The Kier molecular flexibility index (Phi) is 13.5. The van der Waals surface area contributed by atoms with Gasteiger partial charge in [-0.3, -0.25) is 4.79 Å². The van der Waals surface area contributed by atoms with Crippen molar-refractivity contribution in [3.63, 3.8) is 0 Å². The second-order valence-corrected chi connectivity index (χ2v) is 9.35. The van der Waals surface area contributed by atoms with E-state index in [1.807, 2.05) is 44.7 Å². The van der Waals surface area contributed by atoms with Crippen LogP contribution in [0.5, 0.6) is 0 Å². The first-order valence-corrected chi connectivity index (χ1v) is 12.8. The lowest BCUT2D eigenvalue weighted by atomic mass is 9.92. The molecule has 1 heterocycles. The molecule has 0 aliphatic rings. The number of amides is 1. The highest BCUT2D eigenvalue weighted by atomic mass is 32.1. The zero-order valence-corrected chi connectivity index (χ0v) is 22.2. The number of esters is 1. The number of nitrogens with zero attached hydrogens (tertiary/aromatic N) is 5. The van der Waals surface area contributed by atoms with Crippen molar-refractivity contribution in [3.8, 4) is 0 Å². The van der Waals surface area contributed by atoms with Crippen molar-refractivity contribution >= 4 is 23.2 Å². The summed E-state index contributed by atoms with van der Waals surface area (Å²) >= 11 is 1.34. The van der Waals surface area contributed by atoms with Gasteiger partial charge in [0.2, 0.25) is 5.91 Å². The zero-order chi connectivity index (χ0) is 25.7. The van der Waals surface area contributed by atoms with Crippen LogP contribution in [0.2, 0.25) is 0 Å². The third kappa shape index (κ3) is 8.42. The highest BCUT2D eigenvalue weighted by molar-refractivity contribution is 7.09. The summed E-state index contributed by atoms with van der Waals surface area (Å²) in [6, 6.07) is -0.973. The number of hydrogen-bond donors (Lipinski definition) is 0. The average molecular weight is 494 g/mol. The fourth-order valence-electron chi connectivity index (χ4n) is 3.65. The minimum Gasteiger partial charge on any atom is -0.464 e. The maximum absolute atomic E-state index is 13.7. The molecule has 1 aromatic heterocycles. The molecule has 1 amide bonds. The van der Waals surface area contributed by atoms with Crippen LogP contribution in [0.3, 0.4) is 0 Å². The second kappa shape index (κ2) is 15.5. The van der Waals surface area contributed by atoms with Gasteiger partial charge in [0.1, 0.15) is 17.2 Å². The molecule has 1 aromatic rings. The molecule has 0 bridgehead atoms. The molecule has 190 valence electrons. The van der Waals surface area contributed by atoms with E-state index in [1.165, 1.54) is 18.4 Å². The van der Waals surface area contributed by atoms with E-state index in [1.54, 1.807) is 5.38 Å². The van der Waals surface area contributed by atoms with Crippen LogP contribution in [0.1, 0.15) is 82.4 Å². The van der Waals surface area contributed by atoms with Crippen molar-refractivity contribution < 1.29 is 19.1 Å². The highest BCUT2D eigenvalue weighted by Gasteiger charge is 2.35. The van der Waals surface area contributed by atoms with E-state index in [9.17, 15) is 9.59 Å². The molecule has 1 rings (SSSR count). The number of ether oxygens (including phenoxy) is 2. The number of azide groups is 1. The van der Waals surface area contributed by atoms with Crippen LogP contribution < -0.4 is 0 Å². The van der Waals surface area contributed by atoms with Gasteiger partial charge in [0, 0.05) is 35.9 Å². The molecule has 0 saturated heterocycles. The Bertz CT molecular complexity index is 850. The minimum atomic E-state index is -0.775. The maximum atomic E-state index is 13.7. The molecule has 34 heavy (non-hydrogen) atoms. The zero-order valence-electron chi connectivity index (χ0n) is 21.4. The van der Waals surface area contributed by atoms with Crippen molar-refractivity contribution in [1.82, 2.24) is 9.88 Å². The standard InChI is InChI=1S/C24H39N5O4S/c1-8-11-12-13-29(23(30)21(27-28-25)17(6)9-2)19(16(4)5)14-20(33-10-3)22-26-18(15-34-22)24(31)32-7/h11-12,15-17,19-21H,8-10,13-14H2,1-7H3/b12-11+/t17?,19-,20-,21+/m1/s1. The van der Waals surface area contributed by atoms with Crippen molar-refractivity contribution in [3.05, 3.63) is 38.7 Å². The van der Waals surface area contributed by atoms with Gasteiger partial charge in [-0.1, -0.05) is 58.3 Å². The van der Waals surface area contributed by atoms with E-state index in [2.05, 4.69) is 28.9 Å². The van der Waals surface area contributed by atoms with E-state index < -0.39 is 18.1 Å². The molecule has 0 N–H and O–H groups in total. The van der Waals surface area contributed by atoms with E-state index in [0.29, 0.717) is 24.6 Å². The first kappa shape index (κ1) is 29.6. The molecule has 10 heteroatoms. The van der Waals surface area contributed by atoms with Crippen LogP contribution in [-0.2, 0) is 14.3 Å². The summed E-state index contributed by atoms with van der Waals surface area (Å²) in [5.41, 5.74) is 9.36. The average Bonchev–Trinajstić information content (AvgIpc) is 3.32. The number of aromatic nitrogens is 1. The van der Waals surface area contributed by atoms with Crippen LogP contribution in [0, 0.1) is 11.8 Å². The molecule has 4 atom stereocenters. The summed E-state index contributed by atoms with van der Waals surface area (Å²) in [4.78, 5) is 34.8. The number of carbonyl (C=O) groups is 2. The van der Waals surface area contributed by atoms with Crippen LogP contribution in [-0.4, -0.2) is 54.1 Å². The normalized spacial score (nSPS) is 14.9. The number of methoxy groups -OCH3 is 1. The van der Waals surface area contributed by atoms with Gasteiger partial charge in [0.15, 0.2) is 5.69 Å². The van der Waals surface area contributed by atoms with Gasteiger partial charge in [0.25, 0.3) is 0 Å². The maximum Gasteiger partial charge on any atom is 0.357 e. The molecule has 0 aromatic carbocycles. The largest absolute Gasteiger partial charge is 0.464 e. The lowest BCUT2D eigenvalue weighted by Crippen LogP contribution is -2.49. The summed E-state index contributed by atoms with van der Waals surface area (Å²) in [5, 5.41) is 6.19. The third-order valence-corrected chi connectivity index (χ3v) is 6.72. The SMILES string of the molecule is CC/C=C/CN(C(=O)[C@@H](N=[N+]=[N-])C(C)CC)[C@H](C[C@@H](OCC)c1nc(C(=O)OC)cs1)C(C)C. The fourth-order valence-corrected chi connectivity index (χ4v) is 4.50. The van der Waals surface area contributed by atoms with Crippen molar-refractivity contribution in [2.45, 2.75) is 79.0 Å². The molecule has 0 radical (unpaired) electrons. The summed E-state index contributed by atoms with van der Waals surface area (Å²) < 4.78 is 10.8. The van der Waals surface area contributed by atoms with Crippen molar-refractivity contribution in [2.24, 2.45) is 17.0 Å². The van der Waals surface area contributed by atoms with Gasteiger partial charge in [0.05, 0.1) is 7.11 Å². The Morgan fingerprint density at radius 2 is 1.97 bits per heavy atom. The summed E-state index contributed by atoms with van der Waals surface area (Å²) in [6.07, 6.45) is 5.68. The van der Waals surface area contributed by atoms with Gasteiger partial charge >= 0.3 is 5.97 Å². The minimum absolute atomic E-state index is 0.0851. The summed E-state index contributed by atoms with van der Waals surface area (Å²) in [6.45, 7) is 12.8. The van der Waals surface area contributed by atoms with E-state index >= 15 is 0 Å². The van der Waals surface area contributed by atoms with Crippen molar-refractivity contribution in [1.29, 1.82) is 0 Å². The van der Waals surface area contributed by atoms with E-state index in [0.717, 1.165) is 12.8 Å². The number of carbonyl (C=O) groups excluding carboxylic acids is 2. The Morgan fingerprint density at radius 3 is 2.50 bits per heavy atom. The van der Waals surface area contributed by atoms with Gasteiger partial charge in [-0.25, -0.2) is 9.78 Å². The first-order valence-electron chi connectivity index (χ1n) is 11.9. The topological polar surface area (TPSA) is 117 Å². The molecule has 1 unspecified atom stereocenters. The van der Waals surface area contributed by atoms with E-state index in [-0.39, 0.29) is 29.5 Å². The van der Waals surface area contributed by atoms with Crippen LogP contribution in [0.25, 0.3) is 10.4 Å². The third-order valence-electron chi connectivity index (χ3n) is 5.78. The van der Waals surface area contributed by atoms with Crippen LogP contribution in [0.4, 0.5) is 0 Å². The highest BCUT2D eigenvalue weighted by Crippen LogP contribution is 2.31. The number of allylic oxidation sites excluding steroid dienone is 1. The molecule has 0 aliphatic heterocycles. The summed E-state index contributed by atoms with van der Waals surface area (Å²) in [5.74, 6) is -0.662. The predicted molar refractivity (Wildman–Crippen MR) is 135 cm³/mol. The van der Waals surface area contributed by atoms with Gasteiger partial charge < -0.3 is 14.4 Å². The summed E-state index contributed by atoms with van der Waals surface area (Å²) in [7, 11) is 1.32. The molecular formula is C24H39N5O4S.